The van der Waals surface area contributed by atoms with E-state index in [0.717, 1.165) is 11.3 Å². The maximum atomic E-state index is 5.91. The van der Waals surface area contributed by atoms with Crippen LogP contribution in [0.5, 0.6) is 11.5 Å². The third kappa shape index (κ3) is 4.39. The number of methoxy groups -OCH3 is 1. The monoisotopic (exact) mass is 304 g/mol. The number of nitrogens with one attached hydrogen (secondary N) is 1. The van der Waals surface area contributed by atoms with Crippen LogP contribution in [0, 0.1) is 0 Å². The highest BCUT2D eigenvalue weighted by molar-refractivity contribution is 6.30. The van der Waals surface area contributed by atoms with Crippen molar-refractivity contribution in [3.8, 4) is 11.5 Å². The first-order valence-electron chi connectivity index (χ1n) is 6.58. The predicted molar refractivity (Wildman–Crippen MR) is 86.8 cm³/mol. The minimum atomic E-state index is 0.581. The molecular weight excluding hydrogens is 288 g/mol. The summed E-state index contributed by atoms with van der Waals surface area (Å²) < 4.78 is 10.8. The summed E-state index contributed by atoms with van der Waals surface area (Å²) in [6.45, 7) is 2.51. The Morgan fingerprint density at radius 1 is 1.19 bits per heavy atom. The van der Waals surface area contributed by atoms with Gasteiger partial charge in [-0.3, -0.25) is 5.43 Å². The average Bonchev–Trinajstić information content (AvgIpc) is 2.48. The van der Waals surface area contributed by atoms with E-state index >= 15 is 0 Å². The molecule has 0 amide bonds. The number of rotatable bonds is 6. The summed E-state index contributed by atoms with van der Waals surface area (Å²) in [5, 5.41) is 4.84. The molecule has 2 aromatic carbocycles. The van der Waals surface area contributed by atoms with Crippen molar-refractivity contribution in [3.63, 3.8) is 0 Å². The Morgan fingerprint density at radius 2 is 2.05 bits per heavy atom. The van der Waals surface area contributed by atoms with E-state index in [0.29, 0.717) is 23.1 Å². The first-order valence-corrected chi connectivity index (χ1v) is 6.96. The third-order valence-corrected chi connectivity index (χ3v) is 2.95. The lowest BCUT2D eigenvalue weighted by Gasteiger charge is -2.09. The van der Waals surface area contributed by atoms with E-state index in [1.807, 2.05) is 43.3 Å². The number of ether oxygens (including phenoxy) is 2. The second-order valence-electron chi connectivity index (χ2n) is 4.22. The molecule has 4 nitrogen and oxygen atoms in total. The lowest BCUT2D eigenvalue weighted by molar-refractivity contribution is 0.311. The fraction of sp³-hybridized carbons (Fsp3) is 0.188. The second kappa shape index (κ2) is 7.55. The number of hydrogen-bond acceptors (Lipinski definition) is 4. The summed E-state index contributed by atoms with van der Waals surface area (Å²) in [6.07, 6.45) is 1.71. The Kier molecular flexibility index (Phi) is 5.46. The fourth-order valence-electron chi connectivity index (χ4n) is 1.78. The van der Waals surface area contributed by atoms with Gasteiger partial charge in [-0.2, -0.15) is 5.10 Å². The van der Waals surface area contributed by atoms with Gasteiger partial charge in [0.25, 0.3) is 0 Å². The van der Waals surface area contributed by atoms with Crippen molar-refractivity contribution in [2.75, 3.05) is 19.1 Å². The van der Waals surface area contributed by atoms with Crippen LogP contribution in [-0.2, 0) is 0 Å². The van der Waals surface area contributed by atoms with Gasteiger partial charge in [0.1, 0.15) is 0 Å². The molecule has 5 heteroatoms. The van der Waals surface area contributed by atoms with Gasteiger partial charge in [-0.05, 0) is 48.9 Å². The summed E-state index contributed by atoms with van der Waals surface area (Å²) in [7, 11) is 1.62. The van der Waals surface area contributed by atoms with Gasteiger partial charge in [0, 0.05) is 5.02 Å². The van der Waals surface area contributed by atoms with E-state index in [9.17, 15) is 0 Å². The number of anilines is 1. The molecule has 0 atom stereocenters. The normalized spacial score (nSPS) is 10.6. The minimum Gasteiger partial charge on any atom is -0.493 e. The molecule has 0 fully saturated rings. The van der Waals surface area contributed by atoms with Crippen LogP contribution in [0.15, 0.2) is 47.6 Å². The van der Waals surface area contributed by atoms with E-state index in [-0.39, 0.29) is 0 Å². The van der Waals surface area contributed by atoms with E-state index in [2.05, 4.69) is 10.5 Å². The topological polar surface area (TPSA) is 42.8 Å². The molecule has 0 saturated heterocycles. The number of hydrogen-bond donors (Lipinski definition) is 1. The van der Waals surface area contributed by atoms with Crippen molar-refractivity contribution in [1.29, 1.82) is 0 Å². The van der Waals surface area contributed by atoms with Crippen LogP contribution in [0.1, 0.15) is 12.5 Å². The highest BCUT2D eigenvalue weighted by Crippen LogP contribution is 2.27. The molecule has 0 aliphatic carbocycles. The smallest absolute Gasteiger partial charge is 0.161 e. The van der Waals surface area contributed by atoms with Gasteiger partial charge in [-0.15, -0.1) is 0 Å². The summed E-state index contributed by atoms with van der Waals surface area (Å²) >= 11 is 5.91. The van der Waals surface area contributed by atoms with Crippen LogP contribution in [0.2, 0.25) is 5.02 Å². The average molecular weight is 305 g/mol. The molecular formula is C16H17ClN2O2. The Bertz CT molecular complexity index is 629. The Balaban J connectivity index is 2.08. The maximum absolute atomic E-state index is 5.91. The molecule has 0 aliphatic heterocycles. The summed E-state index contributed by atoms with van der Waals surface area (Å²) in [4.78, 5) is 0. The van der Waals surface area contributed by atoms with Crippen LogP contribution in [0.25, 0.3) is 0 Å². The molecule has 0 aromatic heterocycles. The number of hydrazone groups is 1. The van der Waals surface area contributed by atoms with E-state index < -0.39 is 0 Å². The van der Waals surface area contributed by atoms with Gasteiger partial charge in [0.15, 0.2) is 11.5 Å². The zero-order valence-corrected chi connectivity index (χ0v) is 12.7. The molecule has 0 heterocycles. The number of halogens is 1. The molecule has 2 aromatic rings. The van der Waals surface area contributed by atoms with Gasteiger partial charge in [0.05, 0.1) is 25.6 Å². The lowest BCUT2D eigenvalue weighted by Crippen LogP contribution is -1.97. The van der Waals surface area contributed by atoms with Gasteiger partial charge in [-0.25, -0.2) is 0 Å². The predicted octanol–water partition coefficient (Wildman–Crippen LogP) is 4.19. The van der Waals surface area contributed by atoms with Crippen LogP contribution in [0.3, 0.4) is 0 Å². The van der Waals surface area contributed by atoms with Gasteiger partial charge >= 0.3 is 0 Å². The molecule has 0 radical (unpaired) electrons. The Labute approximate surface area is 129 Å². The van der Waals surface area contributed by atoms with Crippen molar-refractivity contribution >= 4 is 23.5 Å². The van der Waals surface area contributed by atoms with Crippen molar-refractivity contribution in [3.05, 3.63) is 53.1 Å². The number of benzene rings is 2. The molecule has 2 rings (SSSR count). The van der Waals surface area contributed by atoms with Gasteiger partial charge < -0.3 is 9.47 Å². The Morgan fingerprint density at radius 3 is 2.76 bits per heavy atom. The van der Waals surface area contributed by atoms with E-state index in [1.54, 1.807) is 19.4 Å². The van der Waals surface area contributed by atoms with Gasteiger partial charge in [0.2, 0.25) is 0 Å². The van der Waals surface area contributed by atoms with Crippen molar-refractivity contribution in [2.24, 2.45) is 5.10 Å². The van der Waals surface area contributed by atoms with Crippen LogP contribution in [0.4, 0.5) is 5.69 Å². The molecule has 21 heavy (non-hydrogen) atoms. The molecule has 0 spiro atoms. The third-order valence-electron chi connectivity index (χ3n) is 2.72. The summed E-state index contributed by atoms with van der Waals surface area (Å²) in [5.74, 6) is 1.41. The summed E-state index contributed by atoms with van der Waals surface area (Å²) in [6, 6.07) is 13.0. The maximum Gasteiger partial charge on any atom is 0.161 e. The quantitative estimate of drug-likeness (QED) is 0.642. The molecule has 1 N–H and O–H groups in total. The van der Waals surface area contributed by atoms with Crippen LogP contribution >= 0.6 is 11.6 Å². The van der Waals surface area contributed by atoms with E-state index in [4.69, 9.17) is 21.1 Å². The molecule has 110 valence electrons. The van der Waals surface area contributed by atoms with E-state index in [1.165, 1.54) is 0 Å². The molecule has 0 saturated carbocycles. The SMILES string of the molecule is CCOc1cc(/C=N\Nc2cccc(Cl)c2)ccc1OC. The van der Waals surface area contributed by atoms with Gasteiger partial charge in [-0.1, -0.05) is 17.7 Å². The lowest BCUT2D eigenvalue weighted by atomic mass is 10.2. The second-order valence-corrected chi connectivity index (χ2v) is 4.66. The zero-order valence-electron chi connectivity index (χ0n) is 12.0. The zero-order chi connectivity index (χ0) is 15.1. The molecule has 0 bridgehead atoms. The molecule has 0 unspecified atom stereocenters. The number of nitrogens with zero attached hydrogens (tertiary/aromatic N) is 1. The summed E-state index contributed by atoms with van der Waals surface area (Å²) in [5.41, 5.74) is 4.67. The van der Waals surface area contributed by atoms with Crippen molar-refractivity contribution < 1.29 is 9.47 Å². The molecule has 0 aliphatic rings. The first kappa shape index (κ1) is 15.2. The van der Waals surface area contributed by atoms with Crippen LogP contribution in [-0.4, -0.2) is 19.9 Å². The minimum absolute atomic E-state index is 0.581. The standard InChI is InChI=1S/C16H17ClN2O2/c1-3-21-16-9-12(7-8-15(16)20-2)11-18-19-14-6-4-5-13(17)10-14/h4-11,19H,3H2,1-2H3/b18-11-. The highest BCUT2D eigenvalue weighted by atomic mass is 35.5. The fourth-order valence-corrected chi connectivity index (χ4v) is 1.97. The Hall–Kier alpha value is -2.20. The van der Waals surface area contributed by atoms with Crippen molar-refractivity contribution in [2.45, 2.75) is 6.92 Å². The van der Waals surface area contributed by atoms with Crippen LogP contribution < -0.4 is 14.9 Å². The first-order chi connectivity index (χ1) is 10.2. The largest absolute Gasteiger partial charge is 0.493 e. The van der Waals surface area contributed by atoms with Crippen molar-refractivity contribution in [1.82, 2.24) is 0 Å². The highest BCUT2D eigenvalue weighted by Gasteiger charge is 2.03.